The van der Waals surface area contributed by atoms with Crippen LogP contribution in [-0.4, -0.2) is 53.4 Å². The van der Waals surface area contributed by atoms with Crippen LogP contribution in [0.4, 0.5) is 14.6 Å². The van der Waals surface area contributed by atoms with Gasteiger partial charge in [-0.3, -0.25) is 4.79 Å². The molecule has 0 bridgehead atoms. The maximum Gasteiger partial charge on any atom is 0.252 e. The molecular weight excluding hydrogens is 362 g/mol. The second kappa shape index (κ2) is 7.91. The normalized spacial score (nSPS) is 25.6. The zero-order valence-electron chi connectivity index (χ0n) is 16.6. The Morgan fingerprint density at radius 1 is 1.11 bits per heavy atom. The third-order valence-corrected chi connectivity index (χ3v) is 6.98. The number of aromatic nitrogens is 2. The van der Waals surface area contributed by atoms with Crippen molar-refractivity contribution in [1.29, 1.82) is 0 Å². The van der Waals surface area contributed by atoms with Gasteiger partial charge in [0.25, 0.3) is 6.43 Å². The van der Waals surface area contributed by atoms with Crippen LogP contribution in [0.25, 0.3) is 0 Å². The molecule has 1 amide bonds. The van der Waals surface area contributed by atoms with Crippen LogP contribution in [0.5, 0.6) is 0 Å². The topological polar surface area (TPSA) is 49.3 Å². The molecule has 3 heterocycles. The Kier molecular flexibility index (Phi) is 5.52. The fraction of sp³-hybridized carbons (Fsp3) is 0.762. The summed E-state index contributed by atoms with van der Waals surface area (Å²) in [6, 6.07) is 1.98. The Morgan fingerprint density at radius 2 is 1.79 bits per heavy atom. The van der Waals surface area contributed by atoms with Crippen LogP contribution in [0, 0.1) is 24.2 Å². The molecule has 2 saturated heterocycles. The van der Waals surface area contributed by atoms with Gasteiger partial charge in [-0.2, -0.15) is 0 Å². The summed E-state index contributed by atoms with van der Waals surface area (Å²) in [5.74, 6) is 2.75. The van der Waals surface area contributed by atoms with Crippen LogP contribution >= 0.6 is 0 Å². The van der Waals surface area contributed by atoms with E-state index in [4.69, 9.17) is 0 Å². The van der Waals surface area contributed by atoms with E-state index in [-0.39, 0.29) is 5.91 Å². The molecule has 0 aromatic carbocycles. The van der Waals surface area contributed by atoms with E-state index >= 15 is 0 Å². The molecule has 154 valence electrons. The van der Waals surface area contributed by atoms with Crippen molar-refractivity contribution in [2.75, 3.05) is 31.1 Å². The molecule has 7 heteroatoms. The van der Waals surface area contributed by atoms with Crippen molar-refractivity contribution in [3.8, 4) is 0 Å². The predicted molar refractivity (Wildman–Crippen MR) is 103 cm³/mol. The van der Waals surface area contributed by atoms with Gasteiger partial charge < -0.3 is 9.80 Å². The first-order chi connectivity index (χ1) is 13.5. The number of nitrogens with zero attached hydrogens (tertiary/aromatic N) is 4. The lowest BCUT2D eigenvalue weighted by molar-refractivity contribution is -0.144. The first kappa shape index (κ1) is 19.5. The van der Waals surface area contributed by atoms with E-state index in [1.165, 1.54) is 6.42 Å². The number of hydrogen-bond donors (Lipinski definition) is 0. The highest BCUT2D eigenvalue weighted by atomic mass is 19.3. The van der Waals surface area contributed by atoms with Crippen molar-refractivity contribution >= 4 is 11.7 Å². The fourth-order valence-corrected chi connectivity index (χ4v) is 4.99. The highest BCUT2D eigenvalue weighted by molar-refractivity contribution is 5.86. The molecule has 28 heavy (non-hydrogen) atoms. The molecule has 3 fully saturated rings. The lowest BCUT2D eigenvalue weighted by Crippen LogP contribution is -2.45. The summed E-state index contributed by atoms with van der Waals surface area (Å²) in [6.45, 7) is 5.21. The van der Waals surface area contributed by atoms with E-state index in [0.29, 0.717) is 37.8 Å². The number of piperidine rings is 1. The van der Waals surface area contributed by atoms with Gasteiger partial charge in [0.05, 0.1) is 0 Å². The second-order valence-electron chi connectivity index (χ2n) is 8.73. The minimum Gasteiger partial charge on any atom is -0.357 e. The lowest BCUT2D eigenvalue weighted by atomic mass is 9.80. The Hall–Kier alpha value is -1.79. The Labute approximate surface area is 165 Å². The number of aryl methyl sites for hydroxylation is 1. The molecular formula is C21H30F2N4O. The average Bonchev–Trinajstić information content (AvgIpc) is 3.52. The smallest absolute Gasteiger partial charge is 0.252 e. The summed E-state index contributed by atoms with van der Waals surface area (Å²) >= 11 is 0. The van der Waals surface area contributed by atoms with E-state index in [1.54, 1.807) is 4.90 Å². The molecule has 5 nitrogen and oxygen atoms in total. The van der Waals surface area contributed by atoms with Crippen molar-refractivity contribution < 1.29 is 13.6 Å². The van der Waals surface area contributed by atoms with Crippen molar-refractivity contribution in [2.24, 2.45) is 17.3 Å². The fourth-order valence-electron chi connectivity index (χ4n) is 4.99. The van der Waals surface area contributed by atoms with E-state index in [2.05, 4.69) is 14.9 Å². The molecule has 1 saturated carbocycles. The second-order valence-corrected chi connectivity index (χ2v) is 8.73. The predicted octanol–water partition coefficient (Wildman–Crippen LogP) is 3.68. The zero-order valence-corrected chi connectivity index (χ0v) is 16.6. The molecule has 1 aromatic heterocycles. The number of halogens is 2. The monoisotopic (exact) mass is 392 g/mol. The standard InChI is InChI=1S/C21H30F2N4O/c1-15-24-10-4-18(25-15)26-11-2-3-16(5-12-26)17-6-13-27(14-7-17)20(28)21(8-9-21)19(22)23/h4,10,16-17,19H,2-3,5-9,11-14H2,1H3. The van der Waals surface area contributed by atoms with Gasteiger partial charge >= 0.3 is 0 Å². The van der Waals surface area contributed by atoms with Crippen LogP contribution in [-0.2, 0) is 4.79 Å². The molecule has 3 aliphatic rings. The number of hydrogen-bond acceptors (Lipinski definition) is 4. The van der Waals surface area contributed by atoms with Gasteiger partial charge in [0.2, 0.25) is 5.91 Å². The van der Waals surface area contributed by atoms with E-state index in [1.807, 2.05) is 19.2 Å². The highest BCUT2D eigenvalue weighted by Gasteiger charge is 2.59. The van der Waals surface area contributed by atoms with Gasteiger partial charge in [0.15, 0.2) is 0 Å². The van der Waals surface area contributed by atoms with E-state index in [0.717, 1.165) is 50.4 Å². The Bertz CT molecular complexity index is 701. The molecule has 0 spiro atoms. The number of likely N-dealkylation sites (tertiary alicyclic amines) is 1. The third-order valence-electron chi connectivity index (χ3n) is 6.98. The Balaban J connectivity index is 1.30. The highest BCUT2D eigenvalue weighted by Crippen LogP contribution is 2.52. The Morgan fingerprint density at radius 3 is 2.43 bits per heavy atom. The summed E-state index contributed by atoms with van der Waals surface area (Å²) < 4.78 is 26.5. The molecule has 1 unspecified atom stereocenters. The zero-order chi connectivity index (χ0) is 19.7. The molecule has 2 aliphatic heterocycles. The van der Waals surface area contributed by atoms with Crippen molar-refractivity contribution in [3.05, 3.63) is 18.1 Å². The number of amides is 1. The molecule has 1 atom stereocenters. The molecule has 1 aliphatic carbocycles. The van der Waals surface area contributed by atoms with Gasteiger partial charge in [-0.25, -0.2) is 18.7 Å². The van der Waals surface area contributed by atoms with Crippen LogP contribution < -0.4 is 4.90 Å². The van der Waals surface area contributed by atoms with Crippen LogP contribution in [0.3, 0.4) is 0 Å². The van der Waals surface area contributed by atoms with Gasteiger partial charge in [-0.15, -0.1) is 0 Å². The quantitative estimate of drug-likeness (QED) is 0.784. The van der Waals surface area contributed by atoms with Crippen LogP contribution in [0.2, 0.25) is 0 Å². The summed E-state index contributed by atoms with van der Waals surface area (Å²) in [6.07, 6.45) is 5.36. The van der Waals surface area contributed by atoms with Gasteiger partial charge in [-0.05, 0) is 69.8 Å². The van der Waals surface area contributed by atoms with Crippen molar-refractivity contribution in [2.45, 2.75) is 58.3 Å². The first-order valence-electron chi connectivity index (χ1n) is 10.6. The molecule has 0 N–H and O–H groups in total. The van der Waals surface area contributed by atoms with Crippen LogP contribution in [0.1, 0.15) is 50.8 Å². The molecule has 1 aromatic rings. The van der Waals surface area contributed by atoms with E-state index in [9.17, 15) is 13.6 Å². The maximum absolute atomic E-state index is 13.2. The third kappa shape index (κ3) is 3.85. The maximum atomic E-state index is 13.2. The number of rotatable bonds is 4. The molecule has 4 rings (SSSR count). The van der Waals surface area contributed by atoms with Gasteiger partial charge in [0.1, 0.15) is 17.1 Å². The SMILES string of the molecule is Cc1nccc(N2CCCC(C3CCN(C(=O)C4(C(F)F)CC4)CC3)CC2)n1. The van der Waals surface area contributed by atoms with E-state index < -0.39 is 11.8 Å². The number of alkyl halides is 2. The largest absolute Gasteiger partial charge is 0.357 e. The average molecular weight is 392 g/mol. The summed E-state index contributed by atoms with van der Waals surface area (Å²) in [7, 11) is 0. The lowest BCUT2D eigenvalue weighted by Gasteiger charge is -2.37. The summed E-state index contributed by atoms with van der Waals surface area (Å²) in [5, 5.41) is 0. The number of carbonyl (C=O) groups excluding carboxylic acids is 1. The minimum absolute atomic E-state index is 0.299. The van der Waals surface area contributed by atoms with Gasteiger partial charge in [-0.1, -0.05) is 0 Å². The summed E-state index contributed by atoms with van der Waals surface area (Å²) in [4.78, 5) is 25.3. The van der Waals surface area contributed by atoms with Gasteiger partial charge in [0, 0.05) is 32.4 Å². The molecule has 0 radical (unpaired) electrons. The summed E-state index contributed by atoms with van der Waals surface area (Å²) in [5.41, 5.74) is -1.34. The van der Waals surface area contributed by atoms with Crippen molar-refractivity contribution in [3.63, 3.8) is 0 Å². The van der Waals surface area contributed by atoms with Crippen molar-refractivity contribution in [1.82, 2.24) is 14.9 Å². The first-order valence-corrected chi connectivity index (χ1v) is 10.6. The minimum atomic E-state index is -2.52. The number of carbonyl (C=O) groups is 1. The number of anilines is 1. The van der Waals surface area contributed by atoms with Crippen LogP contribution in [0.15, 0.2) is 12.3 Å².